The van der Waals surface area contributed by atoms with Crippen molar-refractivity contribution in [1.29, 1.82) is 0 Å². The molecular formula is C21H18Cl2N4O3. The van der Waals surface area contributed by atoms with Crippen LogP contribution in [0.2, 0.25) is 10.0 Å². The van der Waals surface area contributed by atoms with Crippen LogP contribution in [-0.4, -0.2) is 39.3 Å². The number of halogens is 2. The number of nitrogens with zero attached hydrogens (tertiary/aromatic N) is 3. The normalized spacial score (nSPS) is 16.1. The lowest BCUT2D eigenvalue weighted by molar-refractivity contribution is -0.149. The third-order valence-electron chi connectivity index (χ3n) is 4.97. The predicted octanol–water partition coefficient (Wildman–Crippen LogP) is 3.87. The Bertz CT molecular complexity index is 1140. The van der Waals surface area contributed by atoms with E-state index in [-0.39, 0.29) is 23.1 Å². The maximum atomic E-state index is 12.9. The van der Waals surface area contributed by atoms with Crippen molar-refractivity contribution in [3.63, 3.8) is 0 Å². The van der Waals surface area contributed by atoms with Crippen molar-refractivity contribution in [3.05, 3.63) is 63.9 Å². The predicted molar refractivity (Wildman–Crippen MR) is 114 cm³/mol. The molecule has 154 valence electrons. The Morgan fingerprint density at radius 2 is 1.97 bits per heavy atom. The second-order valence-electron chi connectivity index (χ2n) is 6.93. The van der Waals surface area contributed by atoms with E-state index in [9.17, 15) is 9.59 Å². The molecule has 9 heteroatoms. The molecular weight excluding hydrogens is 427 g/mol. The first-order chi connectivity index (χ1) is 14.4. The van der Waals surface area contributed by atoms with Gasteiger partial charge in [-0.2, -0.15) is 0 Å². The van der Waals surface area contributed by atoms with Crippen molar-refractivity contribution >= 4 is 51.8 Å². The number of likely N-dealkylation sites (tertiary alicyclic amines) is 1. The molecule has 4 rings (SSSR count). The van der Waals surface area contributed by atoms with Gasteiger partial charge in [0.15, 0.2) is 12.4 Å². The van der Waals surface area contributed by atoms with Crippen LogP contribution in [0.25, 0.3) is 10.9 Å². The van der Waals surface area contributed by atoms with Gasteiger partial charge in [0.05, 0.1) is 16.1 Å². The number of hydrogen-bond acceptors (Lipinski definition) is 6. The third kappa shape index (κ3) is 4.04. The molecule has 7 nitrogen and oxygen atoms in total. The van der Waals surface area contributed by atoms with Gasteiger partial charge in [-0.25, -0.2) is 14.8 Å². The van der Waals surface area contributed by atoms with Crippen molar-refractivity contribution in [1.82, 2.24) is 14.9 Å². The summed E-state index contributed by atoms with van der Waals surface area (Å²) in [6.07, 6.45) is 1.19. The highest BCUT2D eigenvalue weighted by Crippen LogP contribution is 2.27. The molecule has 0 spiro atoms. The number of ether oxygens (including phenoxy) is 1. The minimum Gasteiger partial charge on any atom is -0.456 e. The summed E-state index contributed by atoms with van der Waals surface area (Å²) in [5.41, 5.74) is 6.90. The average molecular weight is 445 g/mol. The van der Waals surface area contributed by atoms with E-state index in [1.54, 1.807) is 12.1 Å². The van der Waals surface area contributed by atoms with Crippen LogP contribution in [0, 0.1) is 0 Å². The van der Waals surface area contributed by atoms with Gasteiger partial charge in [-0.1, -0.05) is 35.3 Å². The fourth-order valence-electron chi connectivity index (χ4n) is 3.52. The van der Waals surface area contributed by atoms with Crippen molar-refractivity contribution in [2.75, 3.05) is 12.3 Å². The molecule has 2 aromatic carbocycles. The molecule has 0 saturated carbocycles. The van der Waals surface area contributed by atoms with Gasteiger partial charge >= 0.3 is 5.97 Å². The number of nitrogens with two attached hydrogens (primary N) is 1. The Morgan fingerprint density at radius 3 is 2.80 bits per heavy atom. The molecule has 2 heterocycles. The molecule has 1 amide bonds. The molecule has 3 aromatic rings. The molecule has 1 fully saturated rings. The van der Waals surface area contributed by atoms with E-state index >= 15 is 0 Å². The van der Waals surface area contributed by atoms with Crippen molar-refractivity contribution in [2.45, 2.75) is 25.5 Å². The number of fused-ring (bicyclic) bond motifs is 1. The van der Waals surface area contributed by atoms with Crippen molar-refractivity contribution in [2.24, 2.45) is 0 Å². The van der Waals surface area contributed by atoms with Crippen molar-refractivity contribution in [3.8, 4) is 0 Å². The molecule has 0 unspecified atom stereocenters. The summed E-state index contributed by atoms with van der Waals surface area (Å²) in [5, 5.41) is 1.41. The number of anilines is 1. The number of rotatable bonds is 4. The summed E-state index contributed by atoms with van der Waals surface area (Å²) < 4.78 is 5.41. The Labute approximate surface area is 182 Å². The monoisotopic (exact) mass is 444 g/mol. The number of aromatic nitrogens is 2. The first kappa shape index (κ1) is 20.4. The number of amides is 1. The molecule has 1 saturated heterocycles. The van der Waals surface area contributed by atoms with E-state index in [4.69, 9.17) is 33.7 Å². The van der Waals surface area contributed by atoms with Crippen LogP contribution in [0.4, 0.5) is 5.82 Å². The zero-order valence-electron chi connectivity index (χ0n) is 15.8. The zero-order chi connectivity index (χ0) is 21.3. The Kier molecular flexibility index (Phi) is 5.74. The molecule has 30 heavy (non-hydrogen) atoms. The van der Waals surface area contributed by atoms with Gasteiger partial charge < -0.3 is 15.4 Å². The lowest BCUT2D eigenvalue weighted by Crippen LogP contribution is -2.41. The molecule has 1 atom stereocenters. The Morgan fingerprint density at radius 1 is 1.17 bits per heavy atom. The van der Waals surface area contributed by atoms with Gasteiger partial charge in [-0.05, 0) is 43.2 Å². The van der Waals surface area contributed by atoms with Crippen LogP contribution in [-0.2, 0) is 16.1 Å². The number of nitrogen functional groups attached to an aromatic ring is 1. The maximum Gasteiger partial charge on any atom is 0.329 e. The third-order valence-corrected chi connectivity index (χ3v) is 5.53. The van der Waals surface area contributed by atoms with E-state index in [1.807, 2.05) is 24.3 Å². The van der Waals surface area contributed by atoms with E-state index in [0.29, 0.717) is 41.6 Å². The van der Waals surface area contributed by atoms with Crippen LogP contribution in [0.15, 0.2) is 42.5 Å². The number of para-hydroxylation sites is 1. The highest BCUT2D eigenvalue weighted by molar-refractivity contribution is 6.35. The second kappa shape index (κ2) is 8.45. The minimum absolute atomic E-state index is 0.135. The second-order valence-corrected chi connectivity index (χ2v) is 7.77. The summed E-state index contributed by atoms with van der Waals surface area (Å²) in [7, 11) is 0. The molecule has 1 aliphatic heterocycles. The van der Waals surface area contributed by atoms with Crippen molar-refractivity contribution < 1.29 is 14.3 Å². The standard InChI is InChI=1S/C21H18Cl2N4O3/c22-12-7-8-15(23)14(10-12)20(28)27-9-3-6-17(27)21(29)30-11-18-25-16-5-2-1-4-13(16)19(24)26-18/h1-2,4-5,7-8,10,17H,3,6,9,11H2,(H2,24,25,26)/t17-/m1/s1. The van der Waals surface area contributed by atoms with Crippen LogP contribution in [0.3, 0.4) is 0 Å². The van der Waals surface area contributed by atoms with E-state index in [2.05, 4.69) is 9.97 Å². The van der Waals surface area contributed by atoms with E-state index in [1.165, 1.54) is 11.0 Å². The van der Waals surface area contributed by atoms with Gasteiger partial charge in [-0.3, -0.25) is 4.79 Å². The quantitative estimate of drug-likeness (QED) is 0.613. The minimum atomic E-state index is -0.703. The smallest absolute Gasteiger partial charge is 0.329 e. The van der Waals surface area contributed by atoms with E-state index in [0.717, 1.165) is 5.39 Å². The highest BCUT2D eigenvalue weighted by atomic mass is 35.5. The Hall–Kier alpha value is -2.90. The van der Waals surface area contributed by atoms with E-state index < -0.39 is 12.0 Å². The van der Waals surface area contributed by atoms with Crippen LogP contribution >= 0.6 is 23.2 Å². The topological polar surface area (TPSA) is 98.4 Å². The maximum absolute atomic E-state index is 12.9. The largest absolute Gasteiger partial charge is 0.456 e. The molecule has 0 bridgehead atoms. The SMILES string of the molecule is Nc1nc(COC(=O)[C@H]2CCCN2C(=O)c2cc(Cl)ccc2Cl)nc2ccccc12. The summed E-state index contributed by atoms with van der Waals surface area (Å²) in [4.78, 5) is 35.7. The fourth-order valence-corrected chi connectivity index (χ4v) is 3.89. The lowest BCUT2D eigenvalue weighted by Gasteiger charge is -2.23. The number of carbonyl (C=O) groups excluding carboxylic acids is 2. The van der Waals surface area contributed by atoms with Gasteiger partial charge in [0.25, 0.3) is 5.91 Å². The molecule has 0 aliphatic carbocycles. The number of benzene rings is 2. The summed E-state index contributed by atoms with van der Waals surface area (Å²) >= 11 is 12.1. The summed E-state index contributed by atoms with van der Waals surface area (Å²) in [6.45, 7) is 0.297. The van der Waals surface area contributed by atoms with Crippen LogP contribution in [0.1, 0.15) is 29.0 Å². The number of carbonyl (C=O) groups is 2. The molecule has 1 aromatic heterocycles. The molecule has 1 aliphatic rings. The highest BCUT2D eigenvalue weighted by Gasteiger charge is 2.36. The Balaban J connectivity index is 1.48. The number of hydrogen-bond donors (Lipinski definition) is 1. The summed E-state index contributed by atoms with van der Waals surface area (Å²) in [6, 6.07) is 11.3. The van der Waals surface area contributed by atoms with Crippen LogP contribution in [0.5, 0.6) is 0 Å². The van der Waals surface area contributed by atoms with Gasteiger partial charge in [0.1, 0.15) is 11.9 Å². The van der Waals surface area contributed by atoms with Gasteiger partial charge in [-0.15, -0.1) is 0 Å². The first-order valence-corrected chi connectivity index (χ1v) is 10.1. The van der Waals surface area contributed by atoms with Gasteiger partial charge in [0, 0.05) is 17.0 Å². The summed E-state index contributed by atoms with van der Waals surface area (Å²) in [5.74, 6) is -0.254. The first-order valence-electron chi connectivity index (χ1n) is 9.38. The van der Waals surface area contributed by atoms with Gasteiger partial charge in [0.2, 0.25) is 0 Å². The lowest BCUT2D eigenvalue weighted by atomic mass is 10.1. The van der Waals surface area contributed by atoms with Crippen LogP contribution < -0.4 is 5.73 Å². The fraction of sp³-hybridized carbons (Fsp3) is 0.238. The molecule has 0 radical (unpaired) electrons. The zero-order valence-corrected chi connectivity index (χ0v) is 17.4. The number of esters is 1. The molecule has 2 N–H and O–H groups in total. The average Bonchev–Trinajstić information content (AvgIpc) is 3.23.